The molecule has 2 aliphatic heterocycles. The van der Waals surface area contributed by atoms with Crippen LogP contribution in [0, 0.1) is 11.3 Å². The van der Waals surface area contributed by atoms with Crippen LogP contribution in [0.2, 0.25) is 0 Å². The molecule has 2 saturated heterocycles. The lowest BCUT2D eigenvalue weighted by molar-refractivity contribution is 0.000729. The van der Waals surface area contributed by atoms with E-state index in [1.54, 1.807) is 0 Å². The fraction of sp³-hybridized carbons (Fsp3) is 0.500. The van der Waals surface area contributed by atoms with Gasteiger partial charge in [-0.2, -0.15) is 5.26 Å². The average Bonchev–Trinajstić information content (AvgIpc) is 3.19. The first-order chi connectivity index (χ1) is 12.8. The summed E-state index contributed by atoms with van der Waals surface area (Å²) in [6.07, 6.45) is 5.28. The van der Waals surface area contributed by atoms with E-state index in [1.807, 2.05) is 18.2 Å². The number of piperidine rings is 1. The van der Waals surface area contributed by atoms with Crippen LogP contribution in [0.4, 0.5) is 0 Å². The Morgan fingerprint density at radius 1 is 1.08 bits per heavy atom. The highest BCUT2D eigenvalue weighted by Gasteiger charge is 2.36. The molecule has 0 saturated carbocycles. The highest BCUT2D eigenvalue weighted by molar-refractivity contribution is 5.33. The highest BCUT2D eigenvalue weighted by atomic mass is 16.5. The Balaban J connectivity index is 1.37. The van der Waals surface area contributed by atoms with E-state index in [2.05, 4.69) is 35.2 Å². The third kappa shape index (κ3) is 3.56. The van der Waals surface area contributed by atoms with Gasteiger partial charge in [0.2, 0.25) is 0 Å². The summed E-state index contributed by atoms with van der Waals surface area (Å²) in [5.74, 6) is 1.96. The van der Waals surface area contributed by atoms with Gasteiger partial charge < -0.3 is 9.15 Å². The SMILES string of the molecule is N#CC1(c2ccccc2)CCN(Cc2ccc(C3CCCCO3)o2)CC1. The molecule has 0 bridgehead atoms. The number of benzene rings is 1. The van der Waals surface area contributed by atoms with Crippen LogP contribution in [0.15, 0.2) is 46.9 Å². The van der Waals surface area contributed by atoms with Gasteiger partial charge in [-0.05, 0) is 49.8 Å². The minimum absolute atomic E-state index is 0.128. The zero-order chi connectivity index (χ0) is 17.8. The van der Waals surface area contributed by atoms with E-state index in [9.17, 15) is 5.26 Å². The zero-order valence-electron chi connectivity index (χ0n) is 15.2. The Hall–Kier alpha value is -2.09. The molecule has 1 aromatic carbocycles. The van der Waals surface area contributed by atoms with E-state index in [0.717, 1.165) is 69.0 Å². The second-order valence-electron chi connectivity index (χ2n) is 7.50. The van der Waals surface area contributed by atoms with Gasteiger partial charge in [0.25, 0.3) is 0 Å². The topological polar surface area (TPSA) is 49.4 Å². The minimum Gasteiger partial charge on any atom is -0.462 e. The molecule has 0 spiro atoms. The van der Waals surface area contributed by atoms with Crippen LogP contribution in [0.25, 0.3) is 0 Å². The molecule has 2 aromatic rings. The first kappa shape index (κ1) is 17.3. The van der Waals surface area contributed by atoms with Crippen LogP contribution in [0.5, 0.6) is 0 Å². The standard InChI is InChI=1S/C22H26N2O2/c23-17-22(18-6-2-1-3-7-18)11-13-24(14-12-22)16-19-9-10-21(26-19)20-8-4-5-15-25-20/h1-3,6-7,9-10,20H,4-5,8,11-16H2. The molecule has 1 aromatic heterocycles. The molecule has 3 heterocycles. The van der Waals surface area contributed by atoms with Crippen molar-refractivity contribution in [2.75, 3.05) is 19.7 Å². The lowest BCUT2D eigenvalue weighted by Crippen LogP contribution is -2.41. The van der Waals surface area contributed by atoms with E-state index in [4.69, 9.17) is 9.15 Å². The molecule has 0 aliphatic carbocycles. The fourth-order valence-electron chi connectivity index (χ4n) is 4.15. The van der Waals surface area contributed by atoms with E-state index < -0.39 is 0 Å². The van der Waals surface area contributed by atoms with Gasteiger partial charge in [-0.15, -0.1) is 0 Å². The summed E-state index contributed by atoms with van der Waals surface area (Å²) in [6.45, 7) is 3.47. The van der Waals surface area contributed by atoms with Gasteiger partial charge in [0.1, 0.15) is 17.6 Å². The molecule has 1 atom stereocenters. The number of nitrogens with zero attached hydrogens (tertiary/aromatic N) is 2. The lowest BCUT2D eigenvalue weighted by atomic mass is 9.74. The summed E-state index contributed by atoms with van der Waals surface area (Å²) >= 11 is 0. The third-order valence-electron chi connectivity index (χ3n) is 5.81. The fourth-order valence-corrected chi connectivity index (χ4v) is 4.15. The Morgan fingerprint density at radius 3 is 2.58 bits per heavy atom. The van der Waals surface area contributed by atoms with Gasteiger partial charge >= 0.3 is 0 Å². The Bertz CT molecular complexity index is 748. The molecule has 2 aliphatic rings. The van der Waals surface area contributed by atoms with Gasteiger partial charge in [0, 0.05) is 19.7 Å². The van der Waals surface area contributed by atoms with Crippen LogP contribution in [0.1, 0.15) is 55.3 Å². The molecular weight excluding hydrogens is 324 g/mol. The number of hydrogen-bond donors (Lipinski definition) is 0. The van der Waals surface area contributed by atoms with Crippen molar-refractivity contribution >= 4 is 0 Å². The lowest BCUT2D eigenvalue weighted by Gasteiger charge is -2.37. The largest absolute Gasteiger partial charge is 0.462 e. The zero-order valence-corrected chi connectivity index (χ0v) is 15.2. The normalized spacial score (nSPS) is 23.4. The van der Waals surface area contributed by atoms with Crippen molar-refractivity contribution in [3.05, 3.63) is 59.5 Å². The summed E-state index contributed by atoms with van der Waals surface area (Å²) in [4.78, 5) is 2.39. The first-order valence-electron chi connectivity index (χ1n) is 9.68. The number of hydrogen-bond acceptors (Lipinski definition) is 4. The van der Waals surface area contributed by atoms with Gasteiger partial charge in [-0.3, -0.25) is 4.90 Å². The van der Waals surface area contributed by atoms with Gasteiger partial charge in [0.05, 0.1) is 18.0 Å². The Kier molecular flexibility index (Phi) is 5.10. The number of nitriles is 1. The third-order valence-corrected chi connectivity index (χ3v) is 5.81. The number of furan rings is 1. The molecule has 26 heavy (non-hydrogen) atoms. The maximum Gasteiger partial charge on any atom is 0.133 e. The summed E-state index contributed by atoms with van der Waals surface area (Å²) in [5.41, 5.74) is 0.805. The summed E-state index contributed by atoms with van der Waals surface area (Å²) in [6, 6.07) is 17.0. The van der Waals surface area contributed by atoms with E-state index in [-0.39, 0.29) is 11.5 Å². The van der Waals surface area contributed by atoms with Crippen molar-refractivity contribution in [3.8, 4) is 6.07 Å². The van der Waals surface area contributed by atoms with Crippen molar-refractivity contribution in [2.24, 2.45) is 0 Å². The second-order valence-corrected chi connectivity index (χ2v) is 7.50. The van der Waals surface area contributed by atoms with Crippen molar-refractivity contribution in [1.82, 2.24) is 4.90 Å². The number of rotatable bonds is 4. The molecule has 1 unspecified atom stereocenters. The molecular formula is C22H26N2O2. The van der Waals surface area contributed by atoms with Crippen molar-refractivity contribution in [3.63, 3.8) is 0 Å². The predicted octanol–water partition coefficient (Wildman–Crippen LogP) is 4.58. The average molecular weight is 350 g/mol. The van der Waals surface area contributed by atoms with Crippen molar-refractivity contribution in [1.29, 1.82) is 5.26 Å². The molecule has 4 nitrogen and oxygen atoms in total. The maximum absolute atomic E-state index is 9.82. The smallest absolute Gasteiger partial charge is 0.133 e. The molecule has 4 heteroatoms. The molecule has 0 N–H and O–H groups in total. The van der Waals surface area contributed by atoms with Gasteiger partial charge in [-0.1, -0.05) is 30.3 Å². The molecule has 136 valence electrons. The first-order valence-corrected chi connectivity index (χ1v) is 9.68. The maximum atomic E-state index is 9.82. The quantitative estimate of drug-likeness (QED) is 0.810. The van der Waals surface area contributed by atoms with Crippen molar-refractivity contribution in [2.45, 2.75) is 50.2 Å². The van der Waals surface area contributed by atoms with E-state index in [1.165, 1.54) is 6.42 Å². The monoisotopic (exact) mass is 350 g/mol. The van der Waals surface area contributed by atoms with Crippen LogP contribution >= 0.6 is 0 Å². The van der Waals surface area contributed by atoms with Gasteiger partial charge in [0.15, 0.2) is 0 Å². The minimum atomic E-state index is -0.345. The van der Waals surface area contributed by atoms with Crippen molar-refractivity contribution < 1.29 is 9.15 Å². The summed E-state index contributed by atoms with van der Waals surface area (Å²) in [5, 5.41) is 9.82. The summed E-state index contributed by atoms with van der Waals surface area (Å²) < 4.78 is 11.9. The van der Waals surface area contributed by atoms with Crippen LogP contribution < -0.4 is 0 Å². The van der Waals surface area contributed by atoms with Crippen LogP contribution in [-0.2, 0) is 16.7 Å². The number of likely N-dealkylation sites (tertiary alicyclic amines) is 1. The Morgan fingerprint density at radius 2 is 1.88 bits per heavy atom. The predicted molar refractivity (Wildman–Crippen MR) is 99.5 cm³/mol. The molecule has 0 amide bonds. The molecule has 4 rings (SSSR count). The summed E-state index contributed by atoms with van der Waals surface area (Å²) in [7, 11) is 0. The van der Waals surface area contributed by atoms with Crippen LogP contribution in [-0.4, -0.2) is 24.6 Å². The van der Waals surface area contributed by atoms with E-state index >= 15 is 0 Å². The van der Waals surface area contributed by atoms with E-state index in [0.29, 0.717) is 0 Å². The second kappa shape index (κ2) is 7.65. The number of ether oxygens (including phenoxy) is 1. The van der Waals surface area contributed by atoms with Gasteiger partial charge in [-0.25, -0.2) is 0 Å². The van der Waals surface area contributed by atoms with Crippen LogP contribution in [0.3, 0.4) is 0 Å². The molecule has 2 fully saturated rings. The Labute approximate surface area is 155 Å². The highest BCUT2D eigenvalue weighted by Crippen LogP contribution is 2.35. The molecule has 0 radical (unpaired) electrons.